The Labute approximate surface area is 247 Å². The summed E-state index contributed by atoms with van der Waals surface area (Å²) in [6, 6.07) is 10.5. The Balaban J connectivity index is 1.60. The number of rotatable bonds is 16. The largest absolute Gasteiger partial charge is 0.396 e. The number of benzene rings is 2. The second kappa shape index (κ2) is 14.3. The predicted molar refractivity (Wildman–Crippen MR) is 159 cm³/mol. The van der Waals surface area contributed by atoms with Crippen molar-refractivity contribution in [2.75, 3.05) is 25.5 Å². The summed E-state index contributed by atoms with van der Waals surface area (Å²) in [4.78, 5) is 42.3. The van der Waals surface area contributed by atoms with Crippen molar-refractivity contribution in [1.82, 2.24) is 15.6 Å². The Morgan fingerprint density at radius 1 is 0.976 bits per heavy atom. The van der Waals surface area contributed by atoms with Crippen LogP contribution in [0.25, 0.3) is 21.3 Å². The number of nitrogens with zero attached hydrogens (tertiary/aromatic N) is 1. The Morgan fingerprint density at radius 2 is 1.69 bits per heavy atom. The van der Waals surface area contributed by atoms with Gasteiger partial charge in [0.05, 0.1) is 29.1 Å². The Morgan fingerprint density at radius 3 is 2.38 bits per heavy atom. The molecule has 5 N–H and O–H groups in total. The second-order valence-corrected chi connectivity index (χ2v) is 13.5. The van der Waals surface area contributed by atoms with Crippen LogP contribution < -0.4 is 10.6 Å². The number of unbranched alkanes of at least 4 members (excludes halogenated alkanes) is 1. The first kappa shape index (κ1) is 31.7. The zero-order valence-electron chi connectivity index (χ0n) is 23.0. The number of hydrogen-bond donors (Lipinski definition) is 5. The van der Waals surface area contributed by atoms with E-state index in [-0.39, 0.29) is 56.0 Å². The number of ketones is 1. The molecule has 1 saturated carbocycles. The van der Waals surface area contributed by atoms with Crippen LogP contribution in [-0.4, -0.2) is 77.9 Å². The van der Waals surface area contributed by atoms with Crippen molar-refractivity contribution in [1.29, 1.82) is 0 Å². The number of carbonyl (C=O) groups excluding carboxylic acids is 3. The minimum Gasteiger partial charge on any atom is -0.396 e. The molecular formula is C29H35N3O8S2. The fourth-order valence-corrected chi connectivity index (χ4v) is 7.63. The molecule has 2 aromatic carbocycles. The van der Waals surface area contributed by atoms with E-state index in [1.165, 1.54) is 0 Å². The minimum absolute atomic E-state index is 0.0123. The van der Waals surface area contributed by atoms with Gasteiger partial charge >= 0.3 is 0 Å². The van der Waals surface area contributed by atoms with E-state index in [1.807, 2.05) is 0 Å². The Kier molecular flexibility index (Phi) is 10.8. The predicted octanol–water partition coefficient (Wildman–Crippen LogP) is 2.03. The third-order valence-corrected chi connectivity index (χ3v) is 10.1. The number of aliphatic hydroxyl groups excluding tert-OH is 3. The van der Waals surface area contributed by atoms with Gasteiger partial charge < -0.3 is 26.0 Å². The number of hydrogen-bond acceptors (Lipinski definition) is 10. The molecule has 226 valence electrons. The van der Waals surface area contributed by atoms with Crippen LogP contribution in [-0.2, 0) is 26.0 Å². The topological polar surface area (TPSA) is 183 Å². The number of aliphatic hydroxyl groups is 3. The first-order chi connectivity index (χ1) is 20.2. The van der Waals surface area contributed by atoms with Gasteiger partial charge in [-0.25, -0.2) is 13.4 Å². The maximum absolute atomic E-state index is 13.2. The molecule has 4 rings (SSSR count). The van der Waals surface area contributed by atoms with Gasteiger partial charge in [-0.15, -0.1) is 11.3 Å². The van der Waals surface area contributed by atoms with Gasteiger partial charge in [-0.3, -0.25) is 14.4 Å². The number of amides is 2. The molecule has 11 nitrogen and oxygen atoms in total. The van der Waals surface area contributed by atoms with Gasteiger partial charge in [-0.2, -0.15) is 0 Å². The molecule has 2 amide bonds. The standard InChI is InChI=1S/C29H35N3O8S2/c33-11-2-1-4-24(36)22-9-5-18(14-20(22)17-35)19-6-10-23-25(15-19)41-29(32-23)27(42(39,40)13-3-12-34)28(38)30-16-26(37)31-21-7-8-21/h5-6,9-10,14-15,21,27,33-35H,1-4,7-8,11-13,16-17H2,(H,30,38)(H,31,37). The minimum atomic E-state index is -4.07. The molecule has 13 heteroatoms. The van der Waals surface area contributed by atoms with E-state index in [0.29, 0.717) is 34.2 Å². The SMILES string of the molecule is O=C(CNC(=O)C(c1nc2ccc(-c3ccc(C(=O)CCCCO)c(CO)c3)cc2s1)S(=O)(=O)CCCO)NC1CC1. The average Bonchev–Trinajstić information content (AvgIpc) is 3.69. The lowest BCUT2D eigenvalue weighted by molar-refractivity contribution is -0.126. The van der Waals surface area contributed by atoms with Crippen LogP contribution in [0.2, 0.25) is 0 Å². The van der Waals surface area contributed by atoms with Crippen LogP contribution in [0.5, 0.6) is 0 Å². The highest BCUT2D eigenvalue weighted by molar-refractivity contribution is 7.92. The highest BCUT2D eigenvalue weighted by atomic mass is 32.2. The van der Waals surface area contributed by atoms with Crippen molar-refractivity contribution in [3.63, 3.8) is 0 Å². The second-order valence-electron chi connectivity index (χ2n) is 10.3. The fourth-order valence-electron chi connectivity index (χ4n) is 4.52. The fraction of sp³-hybridized carbons (Fsp3) is 0.448. The lowest BCUT2D eigenvalue weighted by Gasteiger charge is -2.15. The van der Waals surface area contributed by atoms with Crippen molar-refractivity contribution in [2.24, 2.45) is 0 Å². The molecule has 0 spiro atoms. The lowest BCUT2D eigenvalue weighted by Crippen LogP contribution is -2.41. The van der Waals surface area contributed by atoms with Gasteiger partial charge in [-0.1, -0.05) is 18.2 Å². The van der Waals surface area contributed by atoms with Crippen LogP contribution >= 0.6 is 11.3 Å². The molecule has 0 saturated heterocycles. The summed E-state index contributed by atoms with van der Waals surface area (Å²) in [7, 11) is -4.07. The highest BCUT2D eigenvalue weighted by Gasteiger charge is 2.37. The number of Topliss-reactive ketones (excluding diaryl/α,β-unsaturated/α-hetero) is 1. The van der Waals surface area contributed by atoms with Crippen LogP contribution in [0, 0.1) is 0 Å². The van der Waals surface area contributed by atoms with Gasteiger partial charge in [-0.05, 0) is 67.0 Å². The van der Waals surface area contributed by atoms with Gasteiger partial charge in [0.25, 0.3) is 0 Å². The number of aromatic nitrogens is 1. The molecule has 42 heavy (non-hydrogen) atoms. The van der Waals surface area contributed by atoms with Crippen molar-refractivity contribution >= 4 is 49.0 Å². The summed E-state index contributed by atoms with van der Waals surface area (Å²) < 4.78 is 27.0. The first-order valence-electron chi connectivity index (χ1n) is 13.8. The normalized spacial score (nSPS) is 14.1. The van der Waals surface area contributed by atoms with Gasteiger partial charge in [0.15, 0.2) is 20.9 Å². The highest BCUT2D eigenvalue weighted by Crippen LogP contribution is 2.35. The lowest BCUT2D eigenvalue weighted by atomic mass is 9.95. The van der Waals surface area contributed by atoms with E-state index in [4.69, 9.17) is 5.11 Å². The molecule has 1 atom stereocenters. The molecule has 1 aliphatic rings. The number of fused-ring (bicyclic) bond motifs is 1. The monoisotopic (exact) mass is 617 g/mol. The third-order valence-electron chi connectivity index (χ3n) is 6.90. The Hall–Kier alpha value is -3.23. The quantitative estimate of drug-likeness (QED) is 0.119. The van der Waals surface area contributed by atoms with E-state index in [0.717, 1.165) is 35.3 Å². The first-order valence-corrected chi connectivity index (χ1v) is 16.4. The van der Waals surface area contributed by atoms with Gasteiger partial charge in [0.2, 0.25) is 11.8 Å². The molecule has 0 radical (unpaired) electrons. The average molecular weight is 618 g/mol. The summed E-state index contributed by atoms with van der Waals surface area (Å²) >= 11 is 1.05. The summed E-state index contributed by atoms with van der Waals surface area (Å²) in [5, 5.41) is 31.7. The Bertz CT molecular complexity index is 1550. The maximum Gasteiger partial charge on any atom is 0.245 e. The van der Waals surface area contributed by atoms with E-state index in [1.54, 1.807) is 36.4 Å². The van der Waals surface area contributed by atoms with Gasteiger partial charge in [0, 0.05) is 31.2 Å². The summed E-state index contributed by atoms with van der Waals surface area (Å²) in [6.07, 6.45) is 3.05. The van der Waals surface area contributed by atoms with Crippen molar-refractivity contribution in [3.8, 4) is 11.1 Å². The third kappa shape index (κ3) is 7.98. The van der Waals surface area contributed by atoms with E-state index in [2.05, 4.69) is 15.6 Å². The van der Waals surface area contributed by atoms with Crippen molar-refractivity contribution in [2.45, 2.75) is 56.4 Å². The summed E-state index contributed by atoms with van der Waals surface area (Å²) in [5.74, 6) is -1.79. The van der Waals surface area contributed by atoms with Crippen LogP contribution in [0.3, 0.4) is 0 Å². The zero-order chi connectivity index (χ0) is 30.3. The molecule has 1 aromatic heterocycles. The molecule has 1 unspecified atom stereocenters. The van der Waals surface area contributed by atoms with Crippen molar-refractivity contribution in [3.05, 3.63) is 52.5 Å². The molecule has 1 aliphatic carbocycles. The zero-order valence-corrected chi connectivity index (χ0v) is 24.7. The number of nitrogens with one attached hydrogen (secondary N) is 2. The smallest absolute Gasteiger partial charge is 0.245 e. The molecule has 1 heterocycles. The summed E-state index contributed by atoms with van der Waals surface area (Å²) in [6.45, 7) is -1.03. The van der Waals surface area contributed by atoms with Crippen LogP contribution in [0.4, 0.5) is 0 Å². The maximum atomic E-state index is 13.2. The molecule has 3 aromatic rings. The van der Waals surface area contributed by atoms with Gasteiger partial charge in [0.1, 0.15) is 5.01 Å². The summed E-state index contributed by atoms with van der Waals surface area (Å²) in [5.41, 5.74) is 2.86. The van der Waals surface area contributed by atoms with Crippen molar-refractivity contribution < 1.29 is 38.1 Å². The van der Waals surface area contributed by atoms with E-state index < -0.39 is 32.7 Å². The molecule has 0 bridgehead atoms. The molecular weight excluding hydrogens is 582 g/mol. The van der Waals surface area contributed by atoms with E-state index in [9.17, 15) is 33.0 Å². The molecule has 1 fully saturated rings. The number of carbonyl (C=O) groups is 3. The van der Waals surface area contributed by atoms with Crippen LogP contribution in [0.1, 0.15) is 64.7 Å². The van der Waals surface area contributed by atoms with E-state index >= 15 is 0 Å². The van der Waals surface area contributed by atoms with Crippen LogP contribution in [0.15, 0.2) is 36.4 Å². The number of sulfone groups is 1. The number of thiazole rings is 1. The molecule has 0 aliphatic heterocycles.